The standard InChI is InChI=1S/C40H37IN2O5/c1-2-47-35-19-25(18-34(41)36(35)48-23-24-7-8-29-5-3-4-6-30(29)16-24)17-33-37(44)42-39(46)43(38(33)45)32-11-9-31(10-12-32)40-20-26-13-27(21-40)15-28(14-26)22-40/h3-12,16-19,26-28H,2,13-15,20-23H2,1H3,(H,42,44,46)/b33-17+. The van der Waals surface area contributed by atoms with Crippen LogP contribution in [0.15, 0.2) is 84.4 Å². The van der Waals surface area contributed by atoms with Gasteiger partial charge in [-0.25, -0.2) is 9.69 Å². The van der Waals surface area contributed by atoms with Crippen molar-refractivity contribution in [2.24, 2.45) is 17.8 Å². The Kier molecular flexibility index (Phi) is 8.01. The van der Waals surface area contributed by atoms with Crippen LogP contribution in [0, 0.1) is 21.3 Å². The van der Waals surface area contributed by atoms with Crippen molar-refractivity contribution in [3.8, 4) is 11.5 Å². The zero-order valence-electron chi connectivity index (χ0n) is 26.8. The number of urea groups is 1. The first-order chi connectivity index (χ1) is 23.3. The van der Waals surface area contributed by atoms with E-state index in [-0.39, 0.29) is 11.0 Å². The van der Waals surface area contributed by atoms with Crippen molar-refractivity contribution >= 4 is 63.0 Å². The Balaban J connectivity index is 1.04. The minimum absolute atomic E-state index is 0.122. The molecule has 4 amide bonds. The number of carbonyl (C=O) groups excluding carboxylic acids is 3. The van der Waals surface area contributed by atoms with Crippen molar-refractivity contribution < 1.29 is 23.9 Å². The summed E-state index contributed by atoms with van der Waals surface area (Å²) >= 11 is 2.18. The molecule has 0 aromatic heterocycles. The zero-order chi connectivity index (χ0) is 33.0. The average Bonchev–Trinajstić information content (AvgIpc) is 3.06. The fourth-order valence-corrected chi connectivity index (χ4v) is 9.83. The predicted octanol–water partition coefficient (Wildman–Crippen LogP) is 8.56. The first-order valence-corrected chi connectivity index (χ1v) is 18.0. The van der Waals surface area contributed by atoms with E-state index < -0.39 is 17.8 Å². The molecule has 1 aliphatic heterocycles. The maximum absolute atomic E-state index is 13.8. The van der Waals surface area contributed by atoms with Crippen LogP contribution in [0.1, 0.15) is 62.1 Å². The molecule has 0 spiro atoms. The number of benzene rings is 4. The maximum Gasteiger partial charge on any atom is 0.335 e. The summed E-state index contributed by atoms with van der Waals surface area (Å²) in [5.41, 5.74) is 3.46. The Morgan fingerprint density at radius 2 is 1.54 bits per heavy atom. The maximum atomic E-state index is 13.8. The third-order valence-electron chi connectivity index (χ3n) is 10.7. The number of hydrogen-bond acceptors (Lipinski definition) is 5. The number of ether oxygens (including phenoxy) is 2. The van der Waals surface area contributed by atoms with Gasteiger partial charge in [0.2, 0.25) is 0 Å². The Morgan fingerprint density at radius 1 is 0.854 bits per heavy atom. The molecule has 4 bridgehead atoms. The number of fused-ring (bicyclic) bond motifs is 1. The van der Waals surface area contributed by atoms with E-state index in [4.69, 9.17) is 9.47 Å². The van der Waals surface area contributed by atoms with Gasteiger partial charge in [0.05, 0.1) is 15.9 Å². The van der Waals surface area contributed by atoms with E-state index in [2.05, 4.69) is 64.3 Å². The first-order valence-electron chi connectivity index (χ1n) is 16.9. The number of nitrogens with zero attached hydrogens (tertiary/aromatic N) is 1. The number of nitrogens with one attached hydrogen (secondary N) is 1. The molecule has 8 heteroatoms. The fourth-order valence-electron chi connectivity index (χ4n) is 9.05. The molecular weight excluding hydrogens is 715 g/mol. The second-order valence-electron chi connectivity index (χ2n) is 13.9. The van der Waals surface area contributed by atoms with Crippen LogP contribution in [0.2, 0.25) is 0 Å². The van der Waals surface area contributed by atoms with E-state index in [0.717, 1.165) is 37.2 Å². The van der Waals surface area contributed by atoms with E-state index in [0.29, 0.717) is 36.0 Å². The van der Waals surface area contributed by atoms with Gasteiger partial charge in [-0.15, -0.1) is 0 Å². The molecule has 7 nitrogen and oxygen atoms in total. The fraction of sp³-hybridized carbons (Fsp3) is 0.325. The van der Waals surface area contributed by atoms with Gasteiger partial charge in [-0.05, 0) is 155 Å². The van der Waals surface area contributed by atoms with E-state index in [9.17, 15) is 14.4 Å². The summed E-state index contributed by atoms with van der Waals surface area (Å²) in [6, 6.07) is 25.2. The van der Waals surface area contributed by atoms with Crippen LogP contribution in [0.25, 0.3) is 16.8 Å². The number of barbiturate groups is 1. The van der Waals surface area contributed by atoms with Gasteiger partial charge in [0.15, 0.2) is 11.5 Å². The molecule has 0 unspecified atom stereocenters. The molecule has 0 atom stereocenters. The lowest BCUT2D eigenvalue weighted by Crippen LogP contribution is -2.54. The molecule has 4 aromatic carbocycles. The molecule has 0 radical (unpaired) electrons. The van der Waals surface area contributed by atoms with E-state index in [1.165, 1.54) is 55.6 Å². The summed E-state index contributed by atoms with van der Waals surface area (Å²) in [7, 11) is 0. The summed E-state index contributed by atoms with van der Waals surface area (Å²) in [4.78, 5) is 40.9. The monoisotopic (exact) mass is 752 g/mol. The van der Waals surface area contributed by atoms with Gasteiger partial charge >= 0.3 is 6.03 Å². The molecule has 4 saturated carbocycles. The number of imide groups is 2. The lowest BCUT2D eigenvalue weighted by molar-refractivity contribution is -0.122. The molecule has 1 heterocycles. The number of rotatable bonds is 8. The van der Waals surface area contributed by atoms with Gasteiger partial charge in [0, 0.05) is 0 Å². The number of halogens is 1. The highest BCUT2D eigenvalue weighted by Gasteiger charge is 2.51. The Morgan fingerprint density at radius 3 is 2.23 bits per heavy atom. The SMILES string of the molecule is CCOc1cc(/C=C2\C(=O)NC(=O)N(c3ccc(C45CC6CC(CC(C6)C4)C5)cc3)C2=O)cc(I)c1OCc1ccc2ccccc2c1. The molecule has 4 aliphatic carbocycles. The smallest absolute Gasteiger partial charge is 0.335 e. The Labute approximate surface area is 293 Å². The third kappa shape index (κ3) is 5.67. The molecular formula is C40H37IN2O5. The van der Waals surface area contributed by atoms with Gasteiger partial charge in [-0.2, -0.15) is 0 Å². The molecule has 1 saturated heterocycles. The second kappa shape index (κ2) is 12.4. The summed E-state index contributed by atoms with van der Waals surface area (Å²) in [6.07, 6.45) is 9.33. The van der Waals surface area contributed by atoms with E-state index in [1.807, 2.05) is 43.3 Å². The lowest BCUT2D eigenvalue weighted by atomic mass is 9.48. The summed E-state index contributed by atoms with van der Waals surface area (Å²) in [5.74, 6) is 2.17. The molecule has 9 rings (SSSR count). The highest BCUT2D eigenvalue weighted by atomic mass is 127. The van der Waals surface area contributed by atoms with Gasteiger partial charge in [0.1, 0.15) is 12.2 Å². The van der Waals surface area contributed by atoms with Crippen LogP contribution >= 0.6 is 22.6 Å². The van der Waals surface area contributed by atoms with Gasteiger partial charge in [0.25, 0.3) is 11.8 Å². The number of anilines is 1. The van der Waals surface area contributed by atoms with Crippen LogP contribution in [0.5, 0.6) is 11.5 Å². The Bertz CT molecular complexity index is 1950. The molecule has 5 aliphatic rings. The third-order valence-corrected chi connectivity index (χ3v) is 11.5. The largest absolute Gasteiger partial charge is 0.490 e. The lowest BCUT2D eigenvalue weighted by Gasteiger charge is -2.57. The normalized spacial score (nSPS) is 25.5. The van der Waals surface area contributed by atoms with Crippen LogP contribution in [0.4, 0.5) is 10.5 Å². The predicted molar refractivity (Wildman–Crippen MR) is 194 cm³/mol. The molecule has 5 fully saturated rings. The highest BCUT2D eigenvalue weighted by Crippen LogP contribution is 2.60. The number of carbonyl (C=O) groups is 3. The van der Waals surface area contributed by atoms with Crippen LogP contribution in [-0.2, 0) is 21.6 Å². The van der Waals surface area contributed by atoms with Gasteiger partial charge < -0.3 is 9.47 Å². The highest BCUT2D eigenvalue weighted by molar-refractivity contribution is 14.1. The van der Waals surface area contributed by atoms with Crippen molar-refractivity contribution in [2.75, 3.05) is 11.5 Å². The number of hydrogen-bond donors (Lipinski definition) is 1. The average molecular weight is 753 g/mol. The first kappa shape index (κ1) is 31.1. The van der Waals surface area contributed by atoms with Crippen LogP contribution < -0.4 is 19.7 Å². The minimum Gasteiger partial charge on any atom is -0.490 e. The van der Waals surface area contributed by atoms with Crippen molar-refractivity contribution in [3.05, 3.63) is 105 Å². The summed E-state index contributed by atoms with van der Waals surface area (Å²) in [6.45, 7) is 2.64. The van der Waals surface area contributed by atoms with E-state index in [1.54, 1.807) is 6.07 Å². The minimum atomic E-state index is -0.744. The van der Waals surface area contributed by atoms with Gasteiger partial charge in [-0.3, -0.25) is 14.9 Å². The summed E-state index contributed by atoms with van der Waals surface area (Å²) in [5, 5.41) is 4.68. The van der Waals surface area contributed by atoms with Crippen LogP contribution in [-0.4, -0.2) is 24.5 Å². The topological polar surface area (TPSA) is 84.9 Å². The van der Waals surface area contributed by atoms with E-state index >= 15 is 0 Å². The molecule has 4 aromatic rings. The molecule has 1 N–H and O–H groups in total. The van der Waals surface area contributed by atoms with Crippen LogP contribution in [0.3, 0.4) is 0 Å². The van der Waals surface area contributed by atoms with Gasteiger partial charge in [-0.1, -0.05) is 48.5 Å². The molecule has 48 heavy (non-hydrogen) atoms. The molecule has 244 valence electrons. The summed E-state index contributed by atoms with van der Waals surface area (Å²) < 4.78 is 13.0. The number of amides is 4. The Hall–Kier alpha value is -4.18. The quantitative estimate of drug-likeness (QED) is 0.111. The van der Waals surface area contributed by atoms with Crippen molar-refractivity contribution in [2.45, 2.75) is 57.5 Å². The second-order valence-corrected chi connectivity index (χ2v) is 15.1. The van der Waals surface area contributed by atoms with Crippen molar-refractivity contribution in [3.63, 3.8) is 0 Å². The zero-order valence-corrected chi connectivity index (χ0v) is 29.0. The van der Waals surface area contributed by atoms with Crippen molar-refractivity contribution in [1.82, 2.24) is 5.32 Å². The van der Waals surface area contributed by atoms with Crippen molar-refractivity contribution in [1.29, 1.82) is 0 Å².